The molecule has 25 heavy (non-hydrogen) atoms. The molecule has 9 heteroatoms. The number of aryl methyl sites for hydroxylation is 1. The lowest BCUT2D eigenvalue weighted by molar-refractivity contribution is -0.119. The molecule has 2 N–H and O–H groups in total. The number of amides is 2. The standard InChI is InChI=1S/C16H14BrN3O4S/c1-8-5-13(17)24-14(8)15(22)20-16-19-11(7-25-16)12-4-3-10(23-12)6-18-9(2)21/h3-5,7H,6H2,1-2H3,(H,18,21)(H,19,20,22). The molecule has 0 spiro atoms. The van der Waals surface area contributed by atoms with Crippen LogP contribution in [0.1, 0.15) is 28.8 Å². The Morgan fingerprint density at radius 3 is 2.80 bits per heavy atom. The summed E-state index contributed by atoms with van der Waals surface area (Å²) in [7, 11) is 0. The van der Waals surface area contributed by atoms with Crippen molar-refractivity contribution in [2.24, 2.45) is 0 Å². The molecule has 0 aliphatic rings. The van der Waals surface area contributed by atoms with Gasteiger partial charge in [-0.3, -0.25) is 14.9 Å². The average Bonchev–Trinajstić information content (AvgIpc) is 3.25. The van der Waals surface area contributed by atoms with Crippen molar-refractivity contribution in [2.75, 3.05) is 5.32 Å². The average molecular weight is 424 g/mol. The fourth-order valence-corrected chi connectivity index (χ4v) is 3.29. The van der Waals surface area contributed by atoms with Crippen molar-refractivity contribution < 1.29 is 18.4 Å². The number of rotatable bonds is 5. The number of hydrogen-bond donors (Lipinski definition) is 2. The Kier molecular flexibility index (Phi) is 5.05. The quantitative estimate of drug-likeness (QED) is 0.647. The zero-order chi connectivity index (χ0) is 18.0. The van der Waals surface area contributed by atoms with Crippen LogP contribution in [-0.2, 0) is 11.3 Å². The van der Waals surface area contributed by atoms with E-state index in [1.807, 2.05) is 0 Å². The molecule has 2 amide bonds. The first kappa shape index (κ1) is 17.4. The number of halogens is 1. The lowest BCUT2D eigenvalue weighted by Crippen LogP contribution is -2.18. The van der Waals surface area contributed by atoms with Crippen LogP contribution < -0.4 is 10.6 Å². The lowest BCUT2D eigenvalue weighted by atomic mass is 10.3. The van der Waals surface area contributed by atoms with Crippen LogP contribution in [0.25, 0.3) is 11.5 Å². The Bertz CT molecular complexity index is 928. The van der Waals surface area contributed by atoms with Crippen molar-refractivity contribution in [1.29, 1.82) is 0 Å². The predicted octanol–water partition coefficient (Wildman–Crippen LogP) is 3.96. The van der Waals surface area contributed by atoms with Crippen molar-refractivity contribution in [3.63, 3.8) is 0 Å². The number of furan rings is 2. The van der Waals surface area contributed by atoms with Crippen LogP contribution in [0.3, 0.4) is 0 Å². The lowest BCUT2D eigenvalue weighted by Gasteiger charge is -1.99. The fourth-order valence-electron chi connectivity index (χ4n) is 2.09. The molecule has 0 fully saturated rings. The third kappa shape index (κ3) is 4.18. The van der Waals surface area contributed by atoms with Gasteiger partial charge in [-0.1, -0.05) is 0 Å². The zero-order valence-electron chi connectivity index (χ0n) is 13.4. The molecule has 0 aromatic carbocycles. The van der Waals surface area contributed by atoms with E-state index in [2.05, 4.69) is 31.5 Å². The van der Waals surface area contributed by atoms with Crippen LogP contribution in [0.15, 0.2) is 37.1 Å². The van der Waals surface area contributed by atoms with Gasteiger partial charge in [0.15, 0.2) is 21.3 Å². The molecule has 130 valence electrons. The summed E-state index contributed by atoms with van der Waals surface area (Å²) in [5.41, 5.74) is 1.33. The van der Waals surface area contributed by atoms with Crippen LogP contribution in [0.5, 0.6) is 0 Å². The SMILES string of the molecule is CC(=O)NCc1ccc(-c2csc(NC(=O)c3oc(Br)cc3C)n2)o1. The summed E-state index contributed by atoms with van der Waals surface area (Å²) in [5, 5.41) is 7.58. The fraction of sp³-hybridized carbons (Fsp3) is 0.188. The maximum absolute atomic E-state index is 12.2. The van der Waals surface area contributed by atoms with Gasteiger partial charge in [-0.05, 0) is 41.1 Å². The number of thiazole rings is 1. The van der Waals surface area contributed by atoms with Crippen molar-refractivity contribution in [3.8, 4) is 11.5 Å². The summed E-state index contributed by atoms with van der Waals surface area (Å²) in [6.45, 7) is 3.55. The minimum atomic E-state index is -0.366. The van der Waals surface area contributed by atoms with Crippen LogP contribution in [0.2, 0.25) is 0 Å². The predicted molar refractivity (Wildman–Crippen MR) is 96.4 cm³/mol. The highest BCUT2D eigenvalue weighted by atomic mass is 79.9. The Hall–Kier alpha value is -2.39. The van der Waals surface area contributed by atoms with E-state index in [9.17, 15) is 9.59 Å². The minimum absolute atomic E-state index is 0.128. The highest BCUT2D eigenvalue weighted by Crippen LogP contribution is 2.27. The largest absolute Gasteiger partial charge is 0.458 e. The summed E-state index contributed by atoms with van der Waals surface area (Å²) >= 11 is 4.48. The van der Waals surface area contributed by atoms with Crippen LogP contribution in [-0.4, -0.2) is 16.8 Å². The molecule has 0 bridgehead atoms. The van der Waals surface area contributed by atoms with E-state index in [4.69, 9.17) is 8.83 Å². The second kappa shape index (κ2) is 7.24. The molecule has 0 radical (unpaired) electrons. The van der Waals surface area contributed by atoms with Crippen LogP contribution in [0, 0.1) is 6.92 Å². The second-order valence-corrected chi connectivity index (χ2v) is 6.87. The van der Waals surface area contributed by atoms with Gasteiger partial charge in [0.2, 0.25) is 5.91 Å². The van der Waals surface area contributed by atoms with Crippen LogP contribution >= 0.6 is 27.3 Å². The van der Waals surface area contributed by atoms with Crippen molar-refractivity contribution in [2.45, 2.75) is 20.4 Å². The molecule has 0 atom stereocenters. The van der Waals surface area contributed by atoms with Gasteiger partial charge in [0, 0.05) is 17.9 Å². The second-order valence-electron chi connectivity index (χ2n) is 5.23. The van der Waals surface area contributed by atoms with Gasteiger partial charge in [0.25, 0.3) is 5.91 Å². The van der Waals surface area contributed by atoms with Gasteiger partial charge < -0.3 is 14.2 Å². The highest BCUT2D eigenvalue weighted by molar-refractivity contribution is 9.10. The Balaban J connectivity index is 1.69. The van der Waals surface area contributed by atoms with E-state index in [1.165, 1.54) is 18.3 Å². The summed E-state index contributed by atoms with van der Waals surface area (Å²) in [4.78, 5) is 27.5. The molecule has 3 aromatic heterocycles. The molecule has 0 unspecified atom stereocenters. The Morgan fingerprint density at radius 2 is 2.12 bits per heavy atom. The number of carbonyl (C=O) groups excluding carboxylic acids is 2. The van der Waals surface area contributed by atoms with Gasteiger partial charge >= 0.3 is 0 Å². The number of carbonyl (C=O) groups is 2. The molecule has 3 rings (SSSR count). The normalized spacial score (nSPS) is 10.7. The monoisotopic (exact) mass is 423 g/mol. The van der Waals surface area contributed by atoms with E-state index in [0.29, 0.717) is 33.6 Å². The molecule has 3 heterocycles. The van der Waals surface area contributed by atoms with Gasteiger partial charge in [0.1, 0.15) is 11.5 Å². The topological polar surface area (TPSA) is 97.4 Å². The Morgan fingerprint density at radius 1 is 1.32 bits per heavy atom. The molecule has 0 aliphatic carbocycles. The number of anilines is 1. The van der Waals surface area contributed by atoms with Crippen molar-refractivity contribution in [1.82, 2.24) is 10.3 Å². The summed E-state index contributed by atoms with van der Waals surface area (Å²) in [6.07, 6.45) is 0. The van der Waals surface area contributed by atoms with E-state index < -0.39 is 0 Å². The molecule has 0 saturated heterocycles. The maximum Gasteiger partial charge on any atom is 0.293 e. The zero-order valence-corrected chi connectivity index (χ0v) is 15.8. The molecule has 0 aliphatic heterocycles. The first-order chi connectivity index (χ1) is 11.9. The summed E-state index contributed by atoms with van der Waals surface area (Å²) in [6, 6.07) is 5.26. The smallest absolute Gasteiger partial charge is 0.293 e. The molecular weight excluding hydrogens is 410 g/mol. The van der Waals surface area contributed by atoms with E-state index in [-0.39, 0.29) is 17.6 Å². The maximum atomic E-state index is 12.2. The number of hydrogen-bond acceptors (Lipinski definition) is 6. The van der Waals surface area contributed by atoms with Gasteiger partial charge in [-0.15, -0.1) is 11.3 Å². The number of nitrogens with one attached hydrogen (secondary N) is 2. The summed E-state index contributed by atoms with van der Waals surface area (Å²) in [5.74, 6) is 0.930. The van der Waals surface area contributed by atoms with Gasteiger partial charge in [0.05, 0.1) is 6.54 Å². The molecule has 7 nitrogen and oxygen atoms in total. The van der Waals surface area contributed by atoms with Gasteiger partial charge in [-0.2, -0.15) is 0 Å². The first-order valence-corrected chi connectivity index (χ1v) is 8.96. The van der Waals surface area contributed by atoms with Gasteiger partial charge in [-0.25, -0.2) is 4.98 Å². The van der Waals surface area contributed by atoms with Crippen molar-refractivity contribution >= 4 is 44.2 Å². The number of aromatic nitrogens is 1. The summed E-state index contributed by atoms with van der Waals surface area (Å²) < 4.78 is 11.5. The highest BCUT2D eigenvalue weighted by Gasteiger charge is 2.17. The third-order valence-electron chi connectivity index (χ3n) is 3.24. The van der Waals surface area contributed by atoms with E-state index >= 15 is 0 Å². The minimum Gasteiger partial charge on any atom is -0.458 e. The Labute approximate surface area is 155 Å². The van der Waals surface area contributed by atoms with Crippen LogP contribution in [0.4, 0.5) is 5.13 Å². The van der Waals surface area contributed by atoms with Crippen molar-refractivity contribution in [3.05, 3.63) is 45.3 Å². The molecule has 3 aromatic rings. The third-order valence-corrected chi connectivity index (χ3v) is 4.39. The molecule has 0 saturated carbocycles. The molecular formula is C16H14BrN3O4S. The number of nitrogens with zero attached hydrogens (tertiary/aromatic N) is 1. The van der Waals surface area contributed by atoms with E-state index in [0.717, 1.165) is 5.56 Å². The van der Waals surface area contributed by atoms with E-state index in [1.54, 1.807) is 30.5 Å². The first-order valence-electron chi connectivity index (χ1n) is 7.28.